The van der Waals surface area contributed by atoms with Crippen molar-refractivity contribution < 1.29 is 0 Å². The van der Waals surface area contributed by atoms with Gasteiger partial charge in [-0.2, -0.15) is 0 Å². The fraction of sp³-hybridized carbons (Fsp3) is 0.368. The minimum Gasteiger partial charge on any atom is -0.343 e. The van der Waals surface area contributed by atoms with Crippen LogP contribution in [0.15, 0.2) is 46.2 Å². The van der Waals surface area contributed by atoms with Gasteiger partial charge in [0, 0.05) is 16.8 Å². The first kappa shape index (κ1) is 14.5. The summed E-state index contributed by atoms with van der Waals surface area (Å²) in [7, 11) is 2.18. The summed E-state index contributed by atoms with van der Waals surface area (Å²) >= 11 is 1.90. The second-order valence-electron chi connectivity index (χ2n) is 6.42. The Morgan fingerprint density at radius 3 is 2.05 bits per heavy atom. The number of hydrogen-bond donors (Lipinski definition) is 0. The molecular formula is C19H23NS. The average molecular weight is 297 g/mol. The van der Waals surface area contributed by atoms with Crippen LogP contribution in [-0.4, -0.2) is 7.05 Å². The highest BCUT2D eigenvalue weighted by molar-refractivity contribution is 7.99. The lowest BCUT2D eigenvalue weighted by atomic mass is 10.0. The zero-order valence-corrected chi connectivity index (χ0v) is 14.3. The number of rotatable bonds is 2. The van der Waals surface area contributed by atoms with Gasteiger partial charge in [0.2, 0.25) is 0 Å². The van der Waals surface area contributed by atoms with E-state index < -0.39 is 0 Å². The molecule has 0 spiro atoms. The third-order valence-electron chi connectivity index (χ3n) is 4.24. The van der Waals surface area contributed by atoms with Gasteiger partial charge in [0.15, 0.2) is 0 Å². The van der Waals surface area contributed by atoms with Crippen molar-refractivity contribution in [3.05, 3.63) is 47.5 Å². The van der Waals surface area contributed by atoms with E-state index in [1.807, 2.05) is 11.8 Å². The second-order valence-corrected chi connectivity index (χ2v) is 7.51. The van der Waals surface area contributed by atoms with Crippen molar-refractivity contribution >= 4 is 23.1 Å². The van der Waals surface area contributed by atoms with Crippen LogP contribution in [0.4, 0.5) is 11.4 Å². The van der Waals surface area contributed by atoms with Gasteiger partial charge in [-0.05, 0) is 47.2 Å². The van der Waals surface area contributed by atoms with E-state index in [-0.39, 0.29) is 0 Å². The Kier molecular flexibility index (Phi) is 3.75. The van der Waals surface area contributed by atoms with Crippen LogP contribution in [0.25, 0.3) is 0 Å². The van der Waals surface area contributed by atoms with E-state index in [1.165, 1.54) is 32.3 Å². The molecule has 0 bridgehead atoms. The van der Waals surface area contributed by atoms with E-state index in [0.29, 0.717) is 11.8 Å². The molecule has 0 radical (unpaired) electrons. The molecule has 0 aromatic heterocycles. The molecule has 2 heteroatoms. The van der Waals surface area contributed by atoms with Crippen molar-refractivity contribution in [3.8, 4) is 0 Å². The van der Waals surface area contributed by atoms with Crippen LogP contribution in [0, 0.1) is 0 Å². The SMILES string of the molecule is CC(C)c1ccc2c(c1)Sc1ccc(C(C)C)cc1N2C. The van der Waals surface area contributed by atoms with Crippen LogP contribution >= 0.6 is 11.8 Å². The van der Waals surface area contributed by atoms with Crippen LogP contribution < -0.4 is 4.90 Å². The van der Waals surface area contributed by atoms with Crippen molar-refractivity contribution in [3.63, 3.8) is 0 Å². The number of nitrogens with zero attached hydrogens (tertiary/aromatic N) is 1. The fourth-order valence-corrected chi connectivity index (χ4v) is 3.92. The molecule has 0 saturated carbocycles. The maximum atomic E-state index is 2.35. The van der Waals surface area contributed by atoms with E-state index in [4.69, 9.17) is 0 Å². The zero-order chi connectivity index (χ0) is 15.1. The van der Waals surface area contributed by atoms with E-state index in [9.17, 15) is 0 Å². The summed E-state index contributed by atoms with van der Waals surface area (Å²) in [5.74, 6) is 1.14. The third kappa shape index (κ3) is 2.57. The molecule has 0 unspecified atom stereocenters. The molecule has 21 heavy (non-hydrogen) atoms. The maximum Gasteiger partial charge on any atom is 0.0553 e. The number of fused-ring (bicyclic) bond motifs is 2. The smallest absolute Gasteiger partial charge is 0.0553 e. The molecule has 0 amide bonds. The highest BCUT2D eigenvalue weighted by atomic mass is 32.2. The molecule has 110 valence electrons. The van der Waals surface area contributed by atoms with E-state index >= 15 is 0 Å². The molecule has 1 aliphatic rings. The highest BCUT2D eigenvalue weighted by Gasteiger charge is 2.22. The molecule has 0 atom stereocenters. The van der Waals surface area contributed by atoms with Gasteiger partial charge >= 0.3 is 0 Å². The Balaban J connectivity index is 2.06. The number of hydrogen-bond acceptors (Lipinski definition) is 2. The van der Waals surface area contributed by atoms with Crippen molar-refractivity contribution in [1.82, 2.24) is 0 Å². The van der Waals surface area contributed by atoms with Gasteiger partial charge in [0.05, 0.1) is 11.4 Å². The lowest BCUT2D eigenvalue weighted by Crippen LogP contribution is -2.15. The lowest BCUT2D eigenvalue weighted by molar-refractivity contribution is 0.858. The summed E-state index contributed by atoms with van der Waals surface area (Å²) in [5.41, 5.74) is 5.47. The van der Waals surface area contributed by atoms with Crippen LogP contribution in [-0.2, 0) is 0 Å². The van der Waals surface area contributed by atoms with Crippen molar-refractivity contribution in [2.24, 2.45) is 0 Å². The van der Waals surface area contributed by atoms with Crippen LogP contribution in [0.2, 0.25) is 0 Å². The Morgan fingerprint density at radius 2 is 1.38 bits per heavy atom. The van der Waals surface area contributed by atoms with Gasteiger partial charge in [-0.25, -0.2) is 0 Å². The van der Waals surface area contributed by atoms with Crippen molar-refractivity contribution in [2.75, 3.05) is 11.9 Å². The molecular weight excluding hydrogens is 274 g/mol. The minimum atomic E-state index is 0.568. The summed E-state index contributed by atoms with van der Waals surface area (Å²) in [6.07, 6.45) is 0. The monoisotopic (exact) mass is 297 g/mol. The fourth-order valence-electron chi connectivity index (χ4n) is 2.74. The average Bonchev–Trinajstić information content (AvgIpc) is 2.46. The molecule has 2 aromatic carbocycles. The van der Waals surface area contributed by atoms with Crippen molar-refractivity contribution in [1.29, 1.82) is 0 Å². The maximum absolute atomic E-state index is 2.35. The first-order valence-corrected chi connectivity index (χ1v) is 8.48. The Labute approximate surface area is 132 Å². The van der Waals surface area contributed by atoms with Crippen LogP contribution in [0.1, 0.15) is 50.7 Å². The van der Waals surface area contributed by atoms with Gasteiger partial charge < -0.3 is 4.90 Å². The second kappa shape index (κ2) is 5.42. The Morgan fingerprint density at radius 1 is 0.762 bits per heavy atom. The first-order chi connectivity index (χ1) is 9.97. The molecule has 0 saturated heterocycles. The van der Waals surface area contributed by atoms with E-state index in [2.05, 4.69) is 76.0 Å². The summed E-state index contributed by atoms with van der Waals surface area (Å²) < 4.78 is 0. The summed E-state index contributed by atoms with van der Waals surface area (Å²) in [6.45, 7) is 9.00. The highest BCUT2D eigenvalue weighted by Crippen LogP contribution is 2.48. The molecule has 2 aromatic rings. The molecule has 0 fully saturated rings. The third-order valence-corrected chi connectivity index (χ3v) is 5.35. The molecule has 3 rings (SSSR count). The molecule has 0 aliphatic carbocycles. The normalized spacial score (nSPS) is 13.6. The summed E-state index contributed by atoms with van der Waals surface area (Å²) in [6, 6.07) is 13.8. The number of benzene rings is 2. The van der Waals surface area contributed by atoms with Crippen LogP contribution in [0.5, 0.6) is 0 Å². The Bertz CT molecular complexity index is 673. The quantitative estimate of drug-likeness (QED) is 0.652. The van der Waals surface area contributed by atoms with Crippen LogP contribution in [0.3, 0.4) is 0 Å². The van der Waals surface area contributed by atoms with Gasteiger partial charge in [0.25, 0.3) is 0 Å². The largest absolute Gasteiger partial charge is 0.343 e. The molecule has 1 heterocycles. The first-order valence-electron chi connectivity index (χ1n) is 7.67. The summed E-state index contributed by atoms with van der Waals surface area (Å²) in [4.78, 5) is 5.06. The predicted molar refractivity (Wildman–Crippen MR) is 93.2 cm³/mol. The Hall–Kier alpha value is -1.41. The summed E-state index contributed by atoms with van der Waals surface area (Å²) in [5, 5.41) is 0. The number of anilines is 2. The minimum absolute atomic E-state index is 0.568. The van der Waals surface area contributed by atoms with E-state index in [1.54, 1.807) is 0 Å². The topological polar surface area (TPSA) is 3.24 Å². The van der Waals surface area contributed by atoms with E-state index in [0.717, 1.165) is 0 Å². The molecule has 1 nitrogen and oxygen atoms in total. The molecule has 0 N–H and O–H groups in total. The standard InChI is InChI=1S/C19H23NS/c1-12(2)14-7-9-18-17(10-14)20(5)16-8-6-15(13(3)4)11-19(16)21-18/h6-13H,1-5H3. The lowest BCUT2D eigenvalue weighted by Gasteiger charge is -2.31. The van der Waals surface area contributed by atoms with Gasteiger partial charge in [-0.1, -0.05) is 51.6 Å². The van der Waals surface area contributed by atoms with Crippen molar-refractivity contribution in [2.45, 2.75) is 49.3 Å². The van der Waals surface area contributed by atoms with Gasteiger partial charge in [-0.15, -0.1) is 0 Å². The molecule has 1 aliphatic heterocycles. The zero-order valence-electron chi connectivity index (χ0n) is 13.5. The predicted octanol–water partition coefficient (Wildman–Crippen LogP) is 6.17. The van der Waals surface area contributed by atoms with Gasteiger partial charge in [-0.3, -0.25) is 0 Å². The van der Waals surface area contributed by atoms with Gasteiger partial charge in [0.1, 0.15) is 0 Å².